The lowest BCUT2D eigenvalue weighted by atomic mass is 10.1. The molecule has 5 atom stereocenters. The van der Waals surface area contributed by atoms with Crippen molar-refractivity contribution in [1.82, 2.24) is 9.55 Å². The zero-order valence-electron chi connectivity index (χ0n) is 11.6. The van der Waals surface area contributed by atoms with Crippen molar-refractivity contribution >= 4 is 27.3 Å². The standard InChI is InChI=1S/C9H11FN2O9P2S/c10-6-4(3-19-23(16,17)18)20-8(7(6)21-22(15)24)12-2-1-5(13)11-9(12)14/h1-2,4,6-8H,3H2,(H3-,11,13,14,15,16,17,18,24)/p+1/t4-,6?,7+,8-/m1/s1. The van der Waals surface area contributed by atoms with Gasteiger partial charge in [-0.3, -0.25) is 18.9 Å². The molecule has 0 spiro atoms. The molecule has 1 aromatic heterocycles. The second-order valence-electron chi connectivity index (χ2n) is 4.62. The molecule has 0 aromatic carbocycles. The van der Waals surface area contributed by atoms with E-state index in [9.17, 15) is 23.1 Å². The summed E-state index contributed by atoms with van der Waals surface area (Å²) < 4.78 is 51.2. The third kappa shape index (κ3) is 4.80. The van der Waals surface area contributed by atoms with Gasteiger partial charge in [0.1, 0.15) is 18.4 Å². The minimum atomic E-state index is -4.88. The maximum Gasteiger partial charge on any atom is 0.582 e. The molecule has 2 heterocycles. The first-order valence-electron chi connectivity index (χ1n) is 6.22. The first-order chi connectivity index (χ1) is 11.1. The minimum Gasteiger partial charge on any atom is -0.346 e. The van der Waals surface area contributed by atoms with Crippen LogP contribution in [0, 0.1) is 0 Å². The Kier molecular flexibility index (Phi) is 6.10. The predicted molar refractivity (Wildman–Crippen MR) is 79.6 cm³/mol. The van der Waals surface area contributed by atoms with Gasteiger partial charge in [-0.1, -0.05) is 0 Å². The SMILES string of the molecule is O=c1ccn([C@@H]2O[C@H](COP(=O)(O)O)C(F)[C@@H]2O[P+](=O)S)c(=O)[nH]1. The highest BCUT2D eigenvalue weighted by Gasteiger charge is 2.51. The third-order valence-corrected chi connectivity index (χ3v) is 4.20. The molecular weight excluding hydrogens is 393 g/mol. The number of nitrogens with one attached hydrogen (secondary N) is 1. The van der Waals surface area contributed by atoms with E-state index in [0.29, 0.717) is 0 Å². The van der Waals surface area contributed by atoms with Crippen LogP contribution in [0.2, 0.25) is 0 Å². The van der Waals surface area contributed by atoms with Crippen LogP contribution < -0.4 is 11.2 Å². The zero-order chi connectivity index (χ0) is 18.1. The van der Waals surface area contributed by atoms with Crippen molar-refractivity contribution in [2.45, 2.75) is 24.6 Å². The number of ether oxygens (including phenoxy) is 1. The van der Waals surface area contributed by atoms with Crippen LogP contribution in [0.4, 0.5) is 4.39 Å². The molecule has 1 aromatic rings. The molecule has 24 heavy (non-hydrogen) atoms. The summed E-state index contributed by atoms with van der Waals surface area (Å²) in [5, 5.41) is 0. The Morgan fingerprint density at radius 2 is 2.17 bits per heavy atom. The topological polar surface area (TPSA) is 157 Å². The maximum atomic E-state index is 14.4. The van der Waals surface area contributed by atoms with Crippen LogP contribution in [0.1, 0.15) is 6.23 Å². The molecule has 3 N–H and O–H groups in total. The summed E-state index contributed by atoms with van der Waals surface area (Å²) in [4.78, 5) is 42.1. The number of rotatable bonds is 6. The van der Waals surface area contributed by atoms with Crippen molar-refractivity contribution in [1.29, 1.82) is 0 Å². The van der Waals surface area contributed by atoms with Gasteiger partial charge in [0, 0.05) is 12.3 Å². The summed E-state index contributed by atoms with van der Waals surface area (Å²) in [7, 11) is -7.46. The van der Waals surface area contributed by atoms with Gasteiger partial charge in [-0.2, -0.15) is 0 Å². The number of nitrogens with zero attached hydrogens (tertiary/aromatic N) is 1. The summed E-state index contributed by atoms with van der Waals surface area (Å²) in [5.41, 5.74) is -1.65. The van der Waals surface area contributed by atoms with Crippen molar-refractivity contribution in [3.8, 4) is 0 Å². The van der Waals surface area contributed by atoms with Crippen LogP contribution in [-0.4, -0.2) is 44.3 Å². The van der Waals surface area contributed by atoms with Crippen LogP contribution in [0.3, 0.4) is 0 Å². The molecule has 1 aliphatic heterocycles. The fraction of sp³-hybridized carbons (Fsp3) is 0.556. The lowest BCUT2D eigenvalue weighted by Gasteiger charge is -2.16. The van der Waals surface area contributed by atoms with Gasteiger partial charge < -0.3 is 14.5 Å². The fourth-order valence-corrected chi connectivity index (χ4v) is 3.16. The molecule has 0 aliphatic carbocycles. The van der Waals surface area contributed by atoms with Crippen molar-refractivity contribution in [2.75, 3.05) is 6.61 Å². The normalized spacial score (nSPS) is 28.1. The molecule has 1 saturated heterocycles. The number of aromatic nitrogens is 2. The Morgan fingerprint density at radius 3 is 2.71 bits per heavy atom. The summed E-state index contributed by atoms with van der Waals surface area (Å²) in [6, 6.07) is 0.967. The Bertz CT molecular complexity index is 779. The Balaban J connectivity index is 2.30. The first kappa shape index (κ1) is 19.4. The lowest BCUT2D eigenvalue weighted by molar-refractivity contribution is -0.0479. The van der Waals surface area contributed by atoms with Crippen molar-refractivity contribution in [3.05, 3.63) is 33.1 Å². The maximum absolute atomic E-state index is 14.4. The van der Waals surface area contributed by atoms with Gasteiger partial charge in [-0.25, -0.2) is 13.8 Å². The largest absolute Gasteiger partial charge is 0.582 e. The van der Waals surface area contributed by atoms with E-state index < -0.39 is 57.5 Å². The third-order valence-electron chi connectivity index (χ3n) is 3.01. The number of phosphoric acid groups is 1. The number of phosphoric ester groups is 1. The number of thiol groups is 1. The van der Waals surface area contributed by atoms with E-state index >= 15 is 0 Å². The number of aromatic amines is 1. The van der Waals surface area contributed by atoms with Crippen LogP contribution in [0.5, 0.6) is 0 Å². The van der Waals surface area contributed by atoms with Gasteiger partial charge in [-0.05, 0) is 4.57 Å². The van der Waals surface area contributed by atoms with E-state index in [1.807, 2.05) is 4.98 Å². The Hall–Kier alpha value is -0.910. The average molecular weight is 405 g/mol. The predicted octanol–water partition coefficient (Wildman–Crippen LogP) is -0.146. The quantitative estimate of drug-likeness (QED) is 0.373. The van der Waals surface area contributed by atoms with E-state index in [1.165, 1.54) is 0 Å². The second kappa shape index (κ2) is 7.54. The van der Waals surface area contributed by atoms with Gasteiger partial charge in [0.2, 0.25) is 0 Å². The van der Waals surface area contributed by atoms with E-state index in [4.69, 9.17) is 19.0 Å². The summed E-state index contributed by atoms with van der Waals surface area (Å²) >= 11 is 3.50. The summed E-state index contributed by atoms with van der Waals surface area (Å²) in [6.45, 7) is -0.844. The van der Waals surface area contributed by atoms with E-state index in [0.717, 1.165) is 16.8 Å². The lowest BCUT2D eigenvalue weighted by Crippen LogP contribution is -2.37. The van der Waals surface area contributed by atoms with Crippen molar-refractivity contribution in [2.24, 2.45) is 0 Å². The van der Waals surface area contributed by atoms with Crippen molar-refractivity contribution < 1.29 is 37.1 Å². The molecule has 11 nitrogen and oxygen atoms in total. The van der Waals surface area contributed by atoms with E-state index in [2.05, 4.69) is 16.8 Å². The molecule has 2 unspecified atom stereocenters. The molecule has 1 fully saturated rings. The molecule has 15 heteroatoms. The Labute approximate surface area is 139 Å². The van der Waals surface area contributed by atoms with Gasteiger partial charge in [0.15, 0.2) is 18.5 Å². The molecule has 1 aliphatic rings. The fourth-order valence-electron chi connectivity index (χ4n) is 2.07. The average Bonchev–Trinajstić information content (AvgIpc) is 2.73. The van der Waals surface area contributed by atoms with E-state index in [-0.39, 0.29) is 0 Å². The number of halogens is 1. The monoisotopic (exact) mass is 405 g/mol. The van der Waals surface area contributed by atoms with Crippen LogP contribution in [0.25, 0.3) is 0 Å². The minimum absolute atomic E-state index is 0.704. The molecule has 0 radical (unpaired) electrons. The molecule has 134 valence electrons. The summed E-state index contributed by atoms with van der Waals surface area (Å²) in [6.07, 6.45) is -5.59. The number of H-pyrrole nitrogens is 1. The number of hydrogen-bond donors (Lipinski definition) is 4. The van der Waals surface area contributed by atoms with Crippen molar-refractivity contribution in [3.63, 3.8) is 0 Å². The van der Waals surface area contributed by atoms with Crippen LogP contribution in [-0.2, 0) is 22.9 Å². The number of hydrogen-bond acceptors (Lipinski definition) is 7. The zero-order valence-corrected chi connectivity index (χ0v) is 14.3. The highest BCUT2D eigenvalue weighted by molar-refractivity contribution is 8.39. The number of alkyl halides is 1. The van der Waals surface area contributed by atoms with Gasteiger partial charge in [-0.15, -0.1) is 4.52 Å². The van der Waals surface area contributed by atoms with Gasteiger partial charge in [0.05, 0.1) is 6.61 Å². The van der Waals surface area contributed by atoms with E-state index in [1.54, 1.807) is 0 Å². The smallest absolute Gasteiger partial charge is 0.346 e. The van der Waals surface area contributed by atoms with Crippen LogP contribution in [0.15, 0.2) is 21.9 Å². The second-order valence-corrected chi connectivity index (χ2v) is 7.53. The molecule has 0 bridgehead atoms. The Morgan fingerprint density at radius 1 is 1.50 bits per heavy atom. The van der Waals surface area contributed by atoms with Crippen LogP contribution >= 0.6 is 27.3 Å². The van der Waals surface area contributed by atoms with Gasteiger partial charge in [0.25, 0.3) is 5.56 Å². The molecule has 0 saturated carbocycles. The molecular formula is C9H12FN2O9P2S+. The molecule has 2 rings (SSSR count). The highest BCUT2D eigenvalue weighted by atomic mass is 32.7. The molecule has 0 amide bonds. The van der Waals surface area contributed by atoms with Gasteiger partial charge >= 0.3 is 20.7 Å². The highest BCUT2D eigenvalue weighted by Crippen LogP contribution is 2.43. The first-order valence-corrected chi connectivity index (χ1v) is 10.1. The summed E-state index contributed by atoms with van der Waals surface area (Å²) in [5.74, 6) is 0.